The lowest BCUT2D eigenvalue weighted by Crippen LogP contribution is -2.40. The lowest BCUT2D eigenvalue weighted by molar-refractivity contribution is 0.431. The molecule has 0 bridgehead atoms. The lowest BCUT2D eigenvalue weighted by atomic mass is 9.86. The third-order valence-electron chi connectivity index (χ3n) is 4.46. The fourth-order valence-electron chi connectivity index (χ4n) is 3.09. The van der Waals surface area contributed by atoms with Crippen LogP contribution < -0.4 is 5.32 Å². The fraction of sp³-hybridized carbons (Fsp3) is 0.438. The van der Waals surface area contributed by atoms with E-state index in [9.17, 15) is 0 Å². The molecule has 1 heterocycles. The second kappa shape index (κ2) is 4.82. The number of nitrogens with one attached hydrogen (secondary N) is 1. The molecule has 19 heavy (non-hydrogen) atoms. The van der Waals surface area contributed by atoms with Crippen LogP contribution in [0.25, 0.3) is 0 Å². The number of rotatable bonds is 5. The van der Waals surface area contributed by atoms with Gasteiger partial charge < -0.3 is 9.88 Å². The summed E-state index contributed by atoms with van der Waals surface area (Å²) in [6.07, 6.45) is 7.42. The normalized spacial score (nSPS) is 18.2. The van der Waals surface area contributed by atoms with Crippen LogP contribution in [0.4, 0.5) is 0 Å². The number of nitrogens with zero attached hydrogens (tertiary/aromatic N) is 2. The highest BCUT2D eigenvalue weighted by atomic mass is 15.0. The molecule has 2 aromatic rings. The number of imidazole rings is 1. The lowest BCUT2D eigenvalue weighted by Gasteiger charge is -2.27. The van der Waals surface area contributed by atoms with Gasteiger partial charge in [-0.25, -0.2) is 4.98 Å². The van der Waals surface area contributed by atoms with Crippen LogP contribution in [0.1, 0.15) is 24.2 Å². The number of likely N-dealkylation sites (N-methyl/N-ethyl adjacent to an activating group) is 1. The monoisotopic (exact) mass is 255 g/mol. The van der Waals surface area contributed by atoms with E-state index in [-0.39, 0.29) is 0 Å². The molecule has 1 aromatic heterocycles. The summed E-state index contributed by atoms with van der Waals surface area (Å²) < 4.78 is 2.12. The van der Waals surface area contributed by atoms with Crippen molar-refractivity contribution in [2.75, 3.05) is 7.05 Å². The predicted molar refractivity (Wildman–Crippen MR) is 77.1 cm³/mol. The molecule has 0 saturated heterocycles. The van der Waals surface area contributed by atoms with Crippen molar-refractivity contribution in [2.45, 2.75) is 30.7 Å². The summed E-state index contributed by atoms with van der Waals surface area (Å²) in [5.74, 6) is 1.15. The van der Waals surface area contributed by atoms with Gasteiger partial charge in [-0.05, 0) is 25.5 Å². The Hall–Kier alpha value is -1.61. The third-order valence-corrected chi connectivity index (χ3v) is 4.46. The quantitative estimate of drug-likeness (QED) is 0.888. The van der Waals surface area contributed by atoms with E-state index in [1.807, 2.05) is 12.4 Å². The molecule has 0 aliphatic heterocycles. The van der Waals surface area contributed by atoms with E-state index >= 15 is 0 Å². The summed E-state index contributed by atoms with van der Waals surface area (Å²) in [4.78, 5) is 4.46. The van der Waals surface area contributed by atoms with Crippen molar-refractivity contribution >= 4 is 0 Å². The summed E-state index contributed by atoms with van der Waals surface area (Å²) in [5.41, 5.74) is 1.77. The number of aromatic nitrogens is 2. The van der Waals surface area contributed by atoms with E-state index in [0.29, 0.717) is 11.5 Å². The Morgan fingerprint density at radius 2 is 2.05 bits per heavy atom. The highest BCUT2D eigenvalue weighted by Gasteiger charge is 2.50. The highest BCUT2D eigenvalue weighted by molar-refractivity contribution is 5.34. The van der Waals surface area contributed by atoms with Crippen LogP contribution in [0, 0.1) is 0 Å². The minimum atomic E-state index is 0.307. The van der Waals surface area contributed by atoms with Crippen LogP contribution in [-0.4, -0.2) is 22.6 Å². The first kappa shape index (κ1) is 12.4. The van der Waals surface area contributed by atoms with Crippen LogP contribution >= 0.6 is 0 Å². The van der Waals surface area contributed by atoms with E-state index < -0.39 is 0 Å². The van der Waals surface area contributed by atoms with Crippen molar-refractivity contribution in [3.05, 3.63) is 54.1 Å². The molecule has 3 rings (SSSR count). The Morgan fingerprint density at radius 3 is 2.58 bits per heavy atom. The van der Waals surface area contributed by atoms with Gasteiger partial charge in [0, 0.05) is 37.3 Å². The standard InChI is InChI=1S/C16H21N3/c1-17-14(12-15-18-10-11-19(15)2)16(8-9-16)13-6-4-3-5-7-13/h3-7,10-11,14,17H,8-9,12H2,1-2H3. The maximum Gasteiger partial charge on any atom is 0.109 e. The third kappa shape index (κ3) is 2.19. The molecule has 1 unspecified atom stereocenters. The SMILES string of the molecule is CNC(Cc1nccn1C)C1(c2ccccc2)CC1. The largest absolute Gasteiger partial charge is 0.338 e. The molecule has 1 fully saturated rings. The minimum Gasteiger partial charge on any atom is -0.338 e. The van der Waals surface area contributed by atoms with Gasteiger partial charge >= 0.3 is 0 Å². The number of hydrogen-bond acceptors (Lipinski definition) is 2. The smallest absolute Gasteiger partial charge is 0.109 e. The molecule has 1 aliphatic rings. The van der Waals surface area contributed by atoms with Crippen molar-refractivity contribution in [3.63, 3.8) is 0 Å². The average molecular weight is 255 g/mol. The van der Waals surface area contributed by atoms with Crippen LogP contribution in [0.5, 0.6) is 0 Å². The molecule has 3 heteroatoms. The van der Waals surface area contributed by atoms with Crippen LogP contribution in [-0.2, 0) is 18.9 Å². The Morgan fingerprint density at radius 1 is 1.32 bits per heavy atom. The zero-order valence-electron chi connectivity index (χ0n) is 11.6. The molecule has 0 amide bonds. The maximum atomic E-state index is 4.46. The number of hydrogen-bond donors (Lipinski definition) is 1. The maximum absolute atomic E-state index is 4.46. The molecular weight excluding hydrogens is 234 g/mol. The van der Waals surface area contributed by atoms with Crippen molar-refractivity contribution in [2.24, 2.45) is 7.05 Å². The molecule has 1 saturated carbocycles. The van der Waals surface area contributed by atoms with E-state index in [4.69, 9.17) is 0 Å². The number of aryl methyl sites for hydroxylation is 1. The van der Waals surface area contributed by atoms with Crippen molar-refractivity contribution in [1.82, 2.24) is 14.9 Å². The Balaban J connectivity index is 1.85. The van der Waals surface area contributed by atoms with Gasteiger partial charge in [0.15, 0.2) is 0 Å². The van der Waals surface area contributed by atoms with Gasteiger partial charge in [-0.3, -0.25) is 0 Å². The summed E-state index contributed by atoms with van der Waals surface area (Å²) in [6, 6.07) is 11.3. The molecule has 0 radical (unpaired) electrons. The Labute approximate surface area is 114 Å². The van der Waals surface area contributed by atoms with Crippen molar-refractivity contribution < 1.29 is 0 Å². The highest BCUT2D eigenvalue weighted by Crippen LogP contribution is 2.51. The second-order valence-corrected chi connectivity index (χ2v) is 5.52. The Kier molecular flexibility index (Phi) is 3.15. The summed E-state index contributed by atoms with van der Waals surface area (Å²) in [5, 5.41) is 3.52. The first-order valence-electron chi connectivity index (χ1n) is 6.95. The molecule has 1 aliphatic carbocycles. The zero-order valence-corrected chi connectivity index (χ0v) is 11.6. The molecule has 3 nitrogen and oxygen atoms in total. The molecule has 100 valence electrons. The molecule has 1 atom stereocenters. The van der Waals surface area contributed by atoms with Gasteiger partial charge in [-0.1, -0.05) is 30.3 Å². The number of benzene rings is 1. The first-order valence-corrected chi connectivity index (χ1v) is 6.95. The molecule has 0 spiro atoms. The van der Waals surface area contributed by atoms with Crippen LogP contribution in [0.3, 0.4) is 0 Å². The van der Waals surface area contributed by atoms with Crippen LogP contribution in [0.2, 0.25) is 0 Å². The summed E-state index contributed by atoms with van der Waals surface area (Å²) >= 11 is 0. The fourth-order valence-corrected chi connectivity index (χ4v) is 3.09. The van der Waals surface area contributed by atoms with Gasteiger partial charge in [0.2, 0.25) is 0 Å². The van der Waals surface area contributed by atoms with E-state index in [0.717, 1.165) is 12.2 Å². The van der Waals surface area contributed by atoms with E-state index in [2.05, 4.69) is 59.3 Å². The summed E-state index contributed by atoms with van der Waals surface area (Å²) in [7, 11) is 4.13. The first-order chi connectivity index (χ1) is 9.26. The average Bonchev–Trinajstić information content (AvgIpc) is 3.16. The van der Waals surface area contributed by atoms with Crippen molar-refractivity contribution in [3.8, 4) is 0 Å². The van der Waals surface area contributed by atoms with Gasteiger partial charge in [0.25, 0.3) is 0 Å². The summed E-state index contributed by atoms with van der Waals surface area (Å²) in [6.45, 7) is 0. The predicted octanol–water partition coefficient (Wildman–Crippen LogP) is 2.28. The Bertz CT molecular complexity index is 540. The van der Waals surface area contributed by atoms with E-state index in [1.165, 1.54) is 18.4 Å². The minimum absolute atomic E-state index is 0.307. The molecule has 1 aromatic carbocycles. The zero-order chi connectivity index (χ0) is 13.3. The topological polar surface area (TPSA) is 29.9 Å². The second-order valence-electron chi connectivity index (χ2n) is 5.52. The van der Waals surface area contributed by atoms with Crippen LogP contribution in [0.15, 0.2) is 42.7 Å². The molecule has 1 N–H and O–H groups in total. The van der Waals surface area contributed by atoms with Gasteiger partial charge in [-0.15, -0.1) is 0 Å². The van der Waals surface area contributed by atoms with Gasteiger partial charge in [0.1, 0.15) is 5.82 Å². The van der Waals surface area contributed by atoms with Gasteiger partial charge in [-0.2, -0.15) is 0 Å². The van der Waals surface area contributed by atoms with Crippen molar-refractivity contribution in [1.29, 1.82) is 0 Å². The van der Waals surface area contributed by atoms with Gasteiger partial charge in [0.05, 0.1) is 0 Å². The molecular formula is C16H21N3. The van der Waals surface area contributed by atoms with E-state index in [1.54, 1.807) is 0 Å².